The van der Waals surface area contributed by atoms with Crippen LogP contribution in [0.25, 0.3) is 10.9 Å². The van der Waals surface area contributed by atoms with Crippen LogP contribution in [-0.4, -0.2) is 44.1 Å². The highest BCUT2D eigenvalue weighted by Gasteiger charge is 2.19. The fraction of sp³-hybridized carbons (Fsp3) is 0.579. The number of esters is 1. The van der Waals surface area contributed by atoms with Crippen molar-refractivity contribution in [1.29, 1.82) is 0 Å². The average molecular weight is 379 g/mol. The van der Waals surface area contributed by atoms with Gasteiger partial charge in [-0.05, 0) is 24.6 Å². The van der Waals surface area contributed by atoms with E-state index in [9.17, 15) is 4.79 Å². The molecule has 7 heteroatoms. The summed E-state index contributed by atoms with van der Waals surface area (Å²) >= 11 is 0. The predicted molar refractivity (Wildman–Crippen MR) is 106 cm³/mol. The molecule has 0 unspecified atom stereocenters. The molecule has 6 nitrogen and oxygen atoms in total. The van der Waals surface area contributed by atoms with E-state index in [0.717, 1.165) is 35.5 Å². The molecule has 0 fully saturated rings. The zero-order valence-electron chi connectivity index (χ0n) is 16.5. The first-order chi connectivity index (χ1) is 12.4. The molecule has 1 heterocycles. The summed E-state index contributed by atoms with van der Waals surface area (Å²) in [5.74, 6) is 0.320. The molecule has 1 aromatic heterocycles. The minimum Gasteiger partial charge on any atom is -0.494 e. The number of hydrogen-bond donors (Lipinski definition) is 0. The monoisotopic (exact) mass is 378 g/mol. The van der Waals surface area contributed by atoms with E-state index in [1.165, 1.54) is 7.11 Å². The minimum absolute atomic E-state index is 0.302. The summed E-state index contributed by atoms with van der Waals surface area (Å²) in [5.41, 5.74) is 1.11. The Labute approximate surface area is 156 Å². The second-order valence-corrected chi connectivity index (χ2v) is 13.2. The summed E-state index contributed by atoms with van der Waals surface area (Å²) in [7, 11) is 0.217. The van der Waals surface area contributed by atoms with E-state index < -0.39 is 14.0 Å². The fourth-order valence-corrected chi connectivity index (χ4v) is 3.21. The van der Waals surface area contributed by atoms with Gasteiger partial charge in [-0.3, -0.25) is 0 Å². The Morgan fingerprint density at radius 3 is 2.65 bits per heavy atom. The number of benzene rings is 1. The zero-order chi connectivity index (χ0) is 19.2. The molecule has 26 heavy (non-hydrogen) atoms. The maximum Gasteiger partial charge on any atom is 0.359 e. The number of carbonyl (C=O) groups excluding carboxylic acids is 1. The molecule has 1 aromatic carbocycles. The lowest BCUT2D eigenvalue weighted by molar-refractivity contribution is 0.0585. The lowest BCUT2D eigenvalue weighted by atomic mass is 10.2. The Morgan fingerprint density at radius 1 is 1.23 bits per heavy atom. The standard InChI is InChI=1S/C19H30N2O4Si/c1-6-7-10-25-15-8-9-16-17(13-15)21(20-18(16)19(22)23-2)14-24-11-12-26(3,4)5/h8-9,13H,6-7,10-12,14H2,1-5H3. The van der Waals surface area contributed by atoms with Crippen molar-refractivity contribution in [3.8, 4) is 5.75 Å². The lowest BCUT2D eigenvalue weighted by Gasteiger charge is -2.15. The first-order valence-corrected chi connectivity index (χ1v) is 12.9. The van der Waals surface area contributed by atoms with Gasteiger partial charge in [-0.2, -0.15) is 5.10 Å². The van der Waals surface area contributed by atoms with Gasteiger partial charge in [0.15, 0.2) is 5.69 Å². The van der Waals surface area contributed by atoms with Crippen molar-refractivity contribution in [3.63, 3.8) is 0 Å². The molecule has 0 spiro atoms. The number of fused-ring (bicyclic) bond motifs is 1. The van der Waals surface area contributed by atoms with Crippen LogP contribution in [0.1, 0.15) is 30.3 Å². The largest absolute Gasteiger partial charge is 0.494 e. The van der Waals surface area contributed by atoms with Gasteiger partial charge >= 0.3 is 5.97 Å². The van der Waals surface area contributed by atoms with Gasteiger partial charge in [0.1, 0.15) is 12.5 Å². The van der Waals surface area contributed by atoms with Crippen LogP contribution in [0.3, 0.4) is 0 Å². The van der Waals surface area contributed by atoms with Crippen molar-refractivity contribution in [3.05, 3.63) is 23.9 Å². The highest BCUT2D eigenvalue weighted by molar-refractivity contribution is 6.76. The van der Waals surface area contributed by atoms with Gasteiger partial charge in [0.2, 0.25) is 0 Å². The highest BCUT2D eigenvalue weighted by Crippen LogP contribution is 2.25. The number of rotatable bonds is 10. The van der Waals surface area contributed by atoms with E-state index in [2.05, 4.69) is 31.7 Å². The van der Waals surface area contributed by atoms with Crippen LogP contribution in [0.15, 0.2) is 18.2 Å². The molecule has 144 valence electrons. The number of methoxy groups -OCH3 is 1. The van der Waals surface area contributed by atoms with E-state index in [4.69, 9.17) is 14.2 Å². The van der Waals surface area contributed by atoms with E-state index in [1.807, 2.05) is 18.2 Å². The van der Waals surface area contributed by atoms with Crippen LogP contribution in [0.4, 0.5) is 0 Å². The molecule has 0 radical (unpaired) electrons. The van der Waals surface area contributed by atoms with Gasteiger partial charge in [-0.25, -0.2) is 9.48 Å². The maximum absolute atomic E-state index is 12.0. The molecule has 0 aliphatic carbocycles. The first-order valence-electron chi connectivity index (χ1n) is 9.15. The van der Waals surface area contributed by atoms with E-state index in [1.54, 1.807) is 4.68 Å². The molecule has 2 rings (SSSR count). The summed E-state index contributed by atoms with van der Waals surface area (Å²) in [6.07, 6.45) is 2.09. The molecule has 0 bridgehead atoms. The average Bonchev–Trinajstić information content (AvgIpc) is 2.95. The molecule has 0 aliphatic heterocycles. The Balaban J connectivity index is 2.21. The number of carbonyl (C=O) groups is 1. The molecule has 0 N–H and O–H groups in total. The lowest BCUT2D eigenvalue weighted by Crippen LogP contribution is -2.22. The zero-order valence-corrected chi connectivity index (χ0v) is 17.5. The van der Waals surface area contributed by atoms with E-state index >= 15 is 0 Å². The van der Waals surface area contributed by atoms with Crippen molar-refractivity contribution >= 4 is 24.9 Å². The normalized spacial score (nSPS) is 11.7. The quantitative estimate of drug-likeness (QED) is 0.350. The third kappa shape index (κ3) is 5.57. The smallest absolute Gasteiger partial charge is 0.359 e. The molecule has 2 aromatic rings. The number of hydrogen-bond acceptors (Lipinski definition) is 5. The number of nitrogens with zero attached hydrogens (tertiary/aromatic N) is 2. The number of ether oxygens (including phenoxy) is 3. The van der Waals surface area contributed by atoms with Gasteiger partial charge in [-0.15, -0.1) is 0 Å². The van der Waals surface area contributed by atoms with Gasteiger partial charge in [0.05, 0.1) is 19.2 Å². The molecule has 0 atom stereocenters. The summed E-state index contributed by atoms with van der Waals surface area (Å²) in [6, 6.07) is 6.71. The molecule has 0 amide bonds. The Bertz CT molecular complexity index is 737. The summed E-state index contributed by atoms with van der Waals surface area (Å²) in [5, 5.41) is 5.15. The van der Waals surface area contributed by atoms with Crippen molar-refractivity contribution in [1.82, 2.24) is 9.78 Å². The summed E-state index contributed by atoms with van der Waals surface area (Å²) < 4.78 is 18.2. The SMILES string of the molecule is CCCCOc1ccc2c(C(=O)OC)nn(COCC[Si](C)(C)C)c2c1. The van der Waals surface area contributed by atoms with Crippen LogP contribution >= 0.6 is 0 Å². The summed E-state index contributed by atoms with van der Waals surface area (Å²) in [4.78, 5) is 12.0. The van der Waals surface area contributed by atoms with Gasteiger partial charge < -0.3 is 14.2 Å². The third-order valence-electron chi connectivity index (χ3n) is 4.08. The van der Waals surface area contributed by atoms with E-state index in [-0.39, 0.29) is 0 Å². The van der Waals surface area contributed by atoms with E-state index in [0.29, 0.717) is 25.6 Å². The van der Waals surface area contributed by atoms with Gasteiger partial charge in [-0.1, -0.05) is 33.0 Å². The fourth-order valence-electron chi connectivity index (χ4n) is 2.45. The molecular formula is C19H30N2O4Si. The van der Waals surface area contributed by atoms with Crippen molar-refractivity contribution in [2.45, 2.75) is 52.2 Å². The Kier molecular flexibility index (Phi) is 7.22. The topological polar surface area (TPSA) is 62.6 Å². The number of aromatic nitrogens is 2. The molecule has 0 saturated heterocycles. The third-order valence-corrected chi connectivity index (χ3v) is 5.78. The molecule has 0 saturated carbocycles. The van der Waals surface area contributed by atoms with Gasteiger partial charge in [0, 0.05) is 26.1 Å². The first kappa shape index (κ1) is 20.4. The maximum atomic E-state index is 12.0. The second-order valence-electron chi connectivity index (χ2n) is 7.57. The van der Waals surface area contributed by atoms with Crippen LogP contribution in [0, 0.1) is 0 Å². The van der Waals surface area contributed by atoms with Crippen LogP contribution in [0.5, 0.6) is 5.75 Å². The van der Waals surface area contributed by atoms with Crippen molar-refractivity contribution in [2.24, 2.45) is 0 Å². The van der Waals surface area contributed by atoms with Crippen LogP contribution in [0.2, 0.25) is 25.7 Å². The van der Waals surface area contributed by atoms with Crippen LogP contribution < -0.4 is 4.74 Å². The molecular weight excluding hydrogens is 348 g/mol. The predicted octanol–water partition coefficient (Wildman–Crippen LogP) is 4.31. The van der Waals surface area contributed by atoms with Gasteiger partial charge in [0.25, 0.3) is 0 Å². The minimum atomic E-state index is -1.14. The summed E-state index contributed by atoms with van der Waals surface area (Å²) in [6.45, 7) is 10.7. The highest BCUT2D eigenvalue weighted by atomic mass is 28.3. The van der Waals surface area contributed by atoms with Crippen molar-refractivity contribution < 1.29 is 19.0 Å². The number of unbranched alkanes of at least 4 members (excludes halogenated alkanes) is 1. The Hall–Kier alpha value is -1.86. The molecule has 0 aliphatic rings. The Morgan fingerprint density at radius 2 is 2.00 bits per heavy atom. The van der Waals surface area contributed by atoms with Crippen LogP contribution in [-0.2, 0) is 16.2 Å². The second kappa shape index (κ2) is 9.18. The van der Waals surface area contributed by atoms with Crippen molar-refractivity contribution in [2.75, 3.05) is 20.3 Å².